The molecule has 2 aromatic carbocycles. The molecule has 0 aliphatic carbocycles. The fraction of sp³-hybridized carbons (Fsp3) is 0.143. The van der Waals surface area contributed by atoms with Gasteiger partial charge in [-0.05, 0) is 37.3 Å². The summed E-state index contributed by atoms with van der Waals surface area (Å²) in [4.78, 5) is 0. The van der Waals surface area contributed by atoms with Gasteiger partial charge in [0.05, 0.1) is 0 Å². The average molecular weight is 231 g/mol. The minimum atomic E-state index is -0.277. The normalized spacial score (nSPS) is 10.3. The maximum atomic E-state index is 12.7. The molecule has 0 radical (unpaired) electrons. The van der Waals surface area contributed by atoms with E-state index in [4.69, 9.17) is 10.5 Å². The number of rotatable bonds is 3. The van der Waals surface area contributed by atoms with Crippen LogP contribution in [0.5, 0.6) is 11.5 Å². The monoisotopic (exact) mass is 231 g/mol. The average Bonchev–Trinajstić information content (AvgIpc) is 2.34. The topological polar surface area (TPSA) is 35.2 Å². The zero-order chi connectivity index (χ0) is 12.3. The van der Waals surface area contributed by atoms with Crippen LogP contribution in [0.3, 0.4) is 0 Å². The molecule has 0 spiro atoms. The van der Waals surface area contributed by atoms with E-state index < -0.39 is 0 Å². The van der Waals surface area contributed by atoms with Crippen molar-refractivity contribution >= 4 is 0 Å². The second-order valence-corrected chi connectivity index (χ2v) is 3.87. The summed E-state index contributed by atoms with van der Waals surface area (Å²) in [5, 5.41) is 0. The molecule has 88 valence electrons. The van der Waals surface area contributed by atoms with Gasteiger partial charge in [-0.15, -0.1) is 0 Å². The molecule has 0 amide bonds. The van der Waals surface area contributed by atoms with Crippen molar-refractivity contribution in [2.75, 3.05) is 0 Å². The van der Waals surface area contributed by atoms with Gasteiger partial charge in [0.15, 0.2) is 0 Å². The highest BCUT2D eigenvalue weighted by Gasteiger charge is 2.04. The highest BCUT2D eigenvalue weighted by molar-refractivity contribution is 5.40. The van der Waals surface area contributed by atoms with Crippen molar-refractivity contribution in [2.45, 2.75) is 13.5 Å². The third-order valence-corrected chi connectivity index (χ3v) is 2.48. The van der Waals surface area contributed by atoms with Gasteiger partial charge in [0.25, 0.3) is 0 Å². The molecule has 0 bridgehead atoms. The molecule has 0 heterocycles. The van der Waals surface area contributed by atoms with E-state index in [-0.39, 0.29) is 5.82 Å². The standard InChI is InChI=1S/C14H14FNO/c1-10-2-7-14(11(8-10)9-16)17-13-5-3-12(15)4-6-13/h2-8H,9,16H2,1H3. The maximum absolute atomic E-state index is 12.7. The summed E-state index contributed by atoms with van der Waals surface area (Å²) in [5.74, 6) is 1.04. The summed E-state index contributed by atoms with van der Waals surface area (Å²) in [6.45, 7) is 2.42. The smallest absolute Gasteiger partial charge is 0.131 e. The Morgan fingerprint density at radius 3 is 2.47 bits per heavy atom. The Hall–Kier alpha value is -1.87. The SMILES string of the molecule is Cc1ccc(Oc2ccc(F)cc2)c(CN)c1. The Labute approximate surface area is 99.8 Å². The van der Waals surface area contributed by atoms with Crippen LogP contribution < -0.4 is 10.5 Å². The summed E-state index contributed by atoms with van der Waals surface area (Å²) >= 11 is 0. The Morgan fingerprint density at radius 1 is 1.12 bits per heavy atom. The van der Waals surface area contributed by atoms with Gasteiger partial charge < -0.3 is 10.5 Å². The lowest BCUT2D eigenvalue weighted by molar-refractivity contribution is 0.474. The fourth-order valence-electron chi connectivity index (χ4n) is 1.60. The van der Waals surface area contributed by atoms with Crippen molar-refractivity contribution in [3.05, 3.63) is 59.4 Å². The van der Waals surface area contributed by atoms with Gasteiger partial charge >= 0.3 is 0 Å². The Balaban J connectivity index is 2.26. The molecule has 0 aromatic heterocycles. The van der Waals surface area contributed by atoms with Gasteiger partial charge in [0.2, 0.25) is 0 Å². The van der Waals surface area contributed by atoms with Crippen LogP contribution >= 0.6 is 0 Å². The molecule has 2 rings (SSSR count). The number of ether oxygens (including phenoxy) is 1. The van der Waals surface area contributed by atoms with Crippen molar-refractivity contribution in [3.63, 3.8) is 0 Å². The Kier molecular flexibility index (Phi) is 3.40. The summed E-state index contributed by atoms with van der Waals surface area (Å²) in [6.07, 6.45) is 0. The van der Waals surface area contributed by atoms with Crippen LogP contribution in [-0.2, 0) is 6.54 Å². The van der Waals surface area contributed by atoms with E-state index in [0.29, 0.717) is 18.0 Å². The number of benzene rings is 2. The van der Waals surface area contributed by atoms with Gasteiger partial charge in [-0.1, -0.05) is 17.7 Å². The molecule has 0 aliphatic rings. The largest absolute Gasteiger partial charge is 0.457 e. The number of hydrogen-bond donors (Lipinski definition) is 1. The summed E-state index contributed by atoms with van der Waals surface area (Å²) in [5.41, 5.74) is 7.73. The van der Waals surface area contributed by atoms with Crippen LogP contribution in [0.2, 0.25) is 0 Å². The first-order valence-corrected chi connectivity index (χ1v) is 5.42. The minimum absolute atomic E-state index is 0.277. The van der Waals surface area contributed by atoms with Crippen molar-refractivity contribution in [2.24, 2.45) is 5.73 Å². The molecule has 0 atom stereocenters. The van der Waals surface area contributed by atoms with E-state index in [0.717, 1.165) is 11.1 Å². The zero-order valence-corrected chi connectivity index (χ0v) is 9.61. The fourth-order valence-corrected chi connectivity index (χ4v) is 1.60. The van der Waals surface area contributed by atoms with E-state index in [1.54, 1.807) is 12.1 Å². The molecule has 2 aromatic rings. The molecular formula is C14H14FNO. The molecule has 17 heavy (non-hydrogen) atoms. The van der Waals surface area contributed by atoms with Gasteiger partial charge in [0.1, 0.15) is 17.3 Å². The van der Waals surface area contributed by atoms with Gasteiger partial charge in [0, 0.05) is 12.1 Å². The Morgan fingerprint density at radius 2 is 1.82 bits per heavy atom. The first kappa shape index (κ1) is 11.6. The van der Waals surface area contributed by atoms with E-state index in [9.17, 15) is 4.39 Å². The molecule has 0 saturated carbocycles. The quantitative estimate of drug-likeness (QED) is 0.878. The van der Waals surface area contributed by atoms with Gasteiger partial charge in [-0.25, -0.2) is 4.39 Å². The minimum Gasteiger partial charge on any atom is -0.457 e. The predicted molar refractivity (Wildman–Crippen MR) is 65.5 cm³/mol. The van der Waals surface area contributed by atoms with Crippen LogP contribution in [0.4, 0.5) is 4.39 Å². The lowest BCUT2D eigenvalue weighted by Crippen LogP contribution is -1.99. The van der Waals surface area contributed by atoms with Crippen molar-refractivity contribution < 1.29 is 9.13 Å². The molecule has 0 saturated heterocycles. The highest BCUT2D eigenvalue weighted by Crippen LogP contribution is 2.26. The van der Waals surface area contributed by atoms with Crippen LogP contribution in [0.25, 0.3) is 0 Å². The van der Waals surface area contributed by atoms with E-state index >= 15 is 0 Å². The third kappa shape index (κ3) is 2.82. The first-order chi connectivity index (χ1) is 8.19. The highest BCUT2D eigenvalue weighted by atomic mass is 19.1. The number of nitrogens with two attached hydrogens (primary N) is 1. The van der Waals surface area contributed by atoms with Crippen LogP contribution in [0.1, 0.15) is 11.1 Å². The maximum Gasteiger partial charge on any atom is 0.131 e. The van der Waals surface area contributed by atoms with Crippen LogP contribution in [0, 0.1) is 12.7 Å². The molecule has 0 fully saturated rings. The molecule has 2 nitrogen and oxygen atoms in total. The summed E-state index contributed by atoms with van der Waals surface area (Å²) in [6, 6.07) is 11.7. The number of hydrogen-bond acceptors (Lipinski definition) is 2. The predicted octanol–water partition coefficient (Wildman–Crippen LogP) is 3.39. The molecule has 2 N–H and O–H groups in total. The molecule has 0 unspecified atom stereocenters. The van der Waals surface area contributed by atoms with Crippen molar-refractivity contribution in [1.82, 2.24) is 0 Å². The lowest BCUT2D eigenvalue weighted by atomic mass is 10.1. The van der Waals surface area contributed by atoms with E-state index in [2.05, 4.69) is 0 Å². The third-order valence-electron chi connectivity index (χ3n) is 2.48. The van der Waals surface area contributed by atoms with E-state index in [1.165, 1.54) is 12.1 Å². The van der Waals surface area contributed by atoms with Crippen molar-refractivity contribution in [3.8, 4) is 11.5 Å². The summed E-state index contributed by atoms with van der Waals surface area (Å²) < 4.78 is 18.4. The molecular weight excluding hydrogens is 217 g/mol. The van der Waals surface area contributed by atoms with E-state index in [1.807, 2.05) is 25.1 Å². The Bertz CT molecular complexity index is 508. The molecule has 0 aliphatic heterocycles. The van der Waals surface area contributed by atoms with Crippen molar-refractivity contribution in [1.29, 1.82) is 0 Å². The second kappa shape index (κ2) is 4.97. The van der Waals surface area contributed by atoms with Crippen LogP contribution in [-0.4, -0.2) is 0 Å². The molecule has 3 heteroatoms. The lowest BCUT2D eigenvalue weighted by Gasteiger charge is -2.10. The zero-order valence-electron chi connectivity index (χ0n) is 9.61. The van der Waals surface area contributed by atoms with Gasteiger partial charge in [-0.3, -0.25) is 0 Å². The van der Waals surface area contributed by atoms with Gasteiger partial charge in [-0.2, -0.15) is 0 Å². The van der Waals surface area contributed by atoms with Crippen LogP contribution in [0.15, 0.2) is 42.5 Å². The number of halogens is 1. The first-order valence-electron chi connectivity index (χ1n) is 5.42. The number of aryl methyl sites for hydroxylation is 1. The second-order valence-electron chi connectivity index (χ2n) is 3.87. The summed E-state index contributed by atoms with van der Waals surface area (Å²) in [7, 11) is 0.